The first kappa shape index (κ1) is 13.9. The van der Waals surface area contributed by atoms with Crippen LogP contribution in [0.5, 0.6) is 0 Å². The molecule has 1 amide bonds. The van der Waals surface area contributed by atoms with Gasteiger partial charge in [-0.3, -0.25) is 4.79 Å². The maximum absolute atomic E-state index is 11.9. The summed E-state index contributed by atoms with van der Waals surface area (Å²) in [7, 11) is 0. The average Bonchev–Trinajstić information content (AvgIpc) is 2.78. The second kappa shape index (κ2) is 5.63. The van der Waals surface area contributed by atoms with Crippen molar-refractivity contribution >= 4 is 28.4 Å². The molecule has 4 nitrogen and oxygen atoms in total. The molecule has 3 N–H and O–H groups in total. The van der Waals surface area contributed by atoms with Crippen LogP contribution in [0.3, 0.4) is 0 Å². The molecule has 0 aliphatic carbocycles. The highest BCUT2D eigenvalue weighted by Crippen LogP contribution is 2.20. The summed E-state index contributed by atoms with van der Waals surface area (Å²) in [5.74, 6) is -0.117. The monoisotopic (exact) mass is 280 g/mol. The van der Waals surface area contributed by atoms with Crippen LogP contribution in [0.25, 0.3) is 10.9 Å². The molecule has 2 rings (SSSR count). The van der Waals surface area contributed by atoms with Gasteiger partial charge in [0.1, 0.15) is 5.69 Å². The van der Waals surface area contributed by atoms with E-state index in [9.17, 15) is 9.90 Å². The van der Waals surface area contributed by atoms with Crippen LogP contribution in [-0.4, -0.2) is 28.6 Å². The fraction of sp³-hybridized carbons (Fsp3) is 0.357. The molecule has 19 heavy (non-hydrogen) atoms. The van der Waals surface area contributed by atoms with E-state index in [0.29, 0.717) is 10.7 Å². The zero-order chi connectivity index (χ0) is 14.0. The predicted octanol–water partition coefficient (Wildman–Crippen LogP) is 2.57. The number of aromatic nitrogens is 1. The molecule has 0 saturated heterocycles. The summed E-state index contributed by atoms with van der Waals surface area (Å²) in [5, 5.41) is 13.9. The van der Waals surface area contributed by atoms with Gasteiger partial charge in [0.15, 0.2) is 0 Å². The van der Waals surface area contributed by atoms with Gasteiger partial charge in [-0.2, -0.15) is 0 Å². The smallest absolute Gasteiger partial charge is 0.267 e. The summed E-state index contributed by atoms with van der Waals surface area (Å²) in [6.07, 6.45) is -0.539. The number of aliphatic hydroxyl groups is 1. The van der Waals surface area contributed by atoms with Crippen molar-refractivity contribution < 1.29 is 9.90 Å². The van der Waals surface area contributed by atoms with Crippen LogP contribution < -0.4 is 5.32 Å². The Morgan fingerprint density at radius 1 is 1.42 bits per heavy atom. The Bertz CT molecular complexity index is 592. The first-order valence-electron chi connectivity index (χ1n) is 6.22. The Kier molecular flexibility index (Phi) is 4.12. The minimum Gasteiger partial charge on any atom is -0.391 e. The zero-order valence-electron chi connectivity index (χ0n) is 10.9. The van der Waals surface area contributed by atoms with Crippen LogP contribution in [-0.2, 0) is 0 Å². The largest absolute Gasteiger partial charge is 0.391 e. The average molecular weight is 281 g/mol. The van der Waals surface area contributed by atoms with E-state index in [1.54, 1.807) is 18.2 Å². The van der Waals surface area contributed by atoms with Crippen molar-refractivity contribution in [3.63, 3.8) is 0 Å². The van der Waals surface area contributed by atoms with Crippen LogP contribution in [0, 0.1) is 5.92 Å². The van der Waals surface area contributed by atoms with E-state index in [1.807, 2.05) is 19.9 Å². The van der Waals surface area contributed by atoms with Gasteiger partial charge in [-0.05, 0) is 30.2 Å². The number of hydrogen-bond acceptors (Lipinski definition) is 2. The topological polar surface area (TPSA) is 65.1 Å². The lowest BCUT2D eigenvalue weighted by molar-refractivity contribution is 0.0868. The second-order valence-electron chi connectivity index (χ2n) is 4.94. The highest BCUT2D eigenvalue weighted by molar-refractivity contribution is 6.31. The van der Waals surface area contributed by atoms with Gasteiger partial charge in [0.2, 0.25) is 0 Å². The highest BCUT2D eigenvalue weighted by Gasteiger charge is 2.13. The van der Waals surface area contributed by atoms with Gasteiger partial charge in [-0.1, -0.05) is 25.4 Å². The third-order valence-corrected chi connectivity index (χ3v) is 3.30. The van der Waals surface area contributed by atoms with Crippen LogP contribution in [0.4, 0.5) is 0 Å². The van der Waals surface area contributed by atoms with E-state index in [4.69, 9.17) is 11.6 Å². The molecule has 1 aromatic carbocycles. The van der Waals surface area contributed by atoms with Crippen molar-refractivity contribution in [1.82, 2.24) is 10.3 Å². The van der Waals surface area contributed by atoms with E-state index in [2.05, 4.69) is 10.3 Å². The maximum atomic E-state index is 11.9. The zero-order valence-corrected chi connectivity index (χ0v) is 11.7. The second-order valence-corrected chi connectivity index (χ2v) is 5.37. The molecule has 5 heteroatoms. The van der Waals surface area contributed by atoms with Crippen LogP contribution in [0.2, 0.25) is 5.02 Å². The van der Waals surface area contributed by atoms with Gasteiger partial charge in [-0.25, -0.2) is 0 Å². The Morgan fingerprint density at radius 3 is 2.84 bits per heavy atom. The molecule has 1 atom stereocenters. The van der Waals surface area contributed by atoms with E-state index in [1.165, 1.54) is 0 Å². The van der Waals surface area contributed by atoms with E-state index in [-0.39, 0.29) is 18.4 Å². The summed E-state index contributed by atoms with van der Waals surface area (Å²) < 4.78 is 0. The number of aliphatic hydroxyl groups excluding tert-OH is 1. The van der Waals surface area contributed by atoms with Crippen molar-refractivity contribution in [1.29, 1.82) is 0 Å². The normalized spacial score (nSPS) is 12.9. The fourth-order valence-corrected chi connectivity index (χ4v) is 1.93. The van der Waals surface area contributed by atoms with Gasteiger partial charge < -0.3 is 15.4 Å². The molecular formula is C14H17ClN2O2. The summed E-state index contributed by atoms with van der Waals surface area (Å²) in [5.41, 5.74) is 1.33. The van der Waals surface area contributed by atoms with Crippen molar-refractivity contribution in [2.45, 2.75) is 20.0 Å². The highest BCUT2D eigenvalue weighted by atomic mass is 35.5. The van der Waals surface area contributed by atoms with Crippen LogP contribution >= 0.6 is 11.6 Å². The molecule has 0 aliphatic heterocycles. The minimum atomic E-state index is -0.539. The molecule has 0 radical (unpaired) electrons. The summed E-state index contributed by atoms with van der Waals surface area (Å²) in [4.78, 5) is 15.0. The Balaban J connectivity index is 2.09. The number of benzene rings is 1. The molecule has 0 bridgehead atoms. The SMILES string of the molecule is CC(C)C(O)CNC(=O)c1cc2cc(Cl)ccc2[nH]1. The van der Waals surface area contributed by atoms with Gasteiger partial charge in [0, 0.05) is 22.5 Å². The number of carbonyl (C=O) groups excluding carboxylic acids is 1. The number of halogens is 1. The molecular weight excluding hydrogens is 264 g/mol. The van der Waals surface area contributed by atoms with Crippen molar-refractivity contribution in [2.24, 2.45) is 5.92 Å². The first-order valence-corrected chi connectivity index (χ1v) is 6.59. The van der Waals surface area contributed by atoms with E-state index < -0.39 is 6.10 Å². The van der Waals surface area contributed by atoms with Crippen molar-refractivity contribution in [2.75, 3.05) is 6.54 Å². The van der Waals surface area contributed by atoms with Crippen LogP contribution in [0.15, 0.2) is 24.3 Å². The third-order valence-electron chi connectivity index (χ3n) is 3.07. The van der Waals surface area contributed by atoms with Gasteiger partial charge in [0.25, 0.3) is 5.91 Å². The van der Waals surface area contributed by atoms with Crippen LogP contribution in [0.1, 0.15) is 24.3 Å². The van der Waals surface area contributed by atoms with E-state index >= 15 is 0 Å². The number of rotatable bonds is 4. The van der Waals surface area contributed by atoms with Gasteiger partial charge >= 0.3 is 0 Å². The number of aromatic amines is 1. The maximum Gasteiger partial charge on any atom is 0.267 e. The number of nitrogens with one attached hydrogen (secondary N) is 2. The Hall–Kier alpha value is -1.52. The summed E-state index contributed by atoms with van der Waals surface area (Å²) >= 11 is 5.90. The van der Waals surface area contributed by atoms with E-state index in [0.717, 1.165) is 10.9 Å². The summed E-state index contributed by atoms with van der Waals surface area (Å²) in [6.45, 7) is 4.05. The lowest BCUT2D eigenvalue weighted by Crippen LogP contribution is -2.34. The minimum absolute atomic E-state index is 0.113. The number of amides is 1. The number of carbonyl (C=O) groups is 1. The fourth-order valence-electron chi connectivity index (χ4n) is 1.75. The Labute approximate surface area is 116 Å². The molecule has 1 unspecified atom stereocenters. The van der Waals surface area contributed by atoms with Gasteiger partial charge in [0.05, 0.1) is 6.10 Å². The Morgan fingerprint density at radius 2 is 2.16 bits per heavy atom. The summed E-state index contributed by atoms with van der Waals surface area (Å²) in [6, 6.07) is 7.15. The lowest BCUT2D eigenvalue weighted by Gasteiger charge is -2.14. The molecule has 2 aromatic rings. The number of hydrogen-bond donors (Lipinski definition) is 3. The third kappa shape index (κ3) is 3.28. The molecule has 1 heterocycles. The van der Waals surface area contributed by atoms with Crippen molar-refractivity contribution in [3.8, 4) is 0 Å². The molecule has 102 valence electrons. The number of fused-ring (bicyclic) bond motifs is 1. The molecule has 0 fully saturated rings. The van der Waals surface area contributed by atoms with Crippen molar-refractivity contribution in [3.05, 3.63) is 35.0 Å². The molecule has 0 aliphatic rings. The van der Waals surface area contributed by atoms with Gasteiger partial charge in [-0.15, -0.1) is 0 Å². The first-order chi connectivity index (χ1) is 8.97. The predicted molar refractivity (Wildman–Crippen MR) is 76.5 cm³/mol. The lowest BCUT2D eigenvalue weighted by atomic mass is 10.1. The number of H-pyrrole nitrogens is 1. The molecule has 0 spiro atoms. The standard InChI is InChI=1S/C14H17ClN2O2/c1-8(2)13(18)7-16-14(19)12-6-9-5-10(15)3-4-11(9)17-12/h3-6,8,13,17-18H,7H2,1-2H3,(H,16,19). The molecule has 0 saturated carbocycles. The quantitative estimate of drug-likeness (QED) is 0.806. The molecule has 1 aromatic heterocycles.